The predicted molar refractivity (Wildman–Crippen MR) is 83.6 cm³/mol. The van der Waals surface area contributed by atoms with Gasteiger partial charge < -0.3 is 5.32 Å². The smallest absolute Gasteiger partial charge is 0.277 e. The van der Waals surface area contributed by atoms with Crippen molar-refractivity contribution >= 4 is 22.2 Å². The van der Waals surface area contributed by atoms with Crippen LogP contribution in [-0.4, -0.2) is 21.1 Å². The zero-order valence-electron chi connectivity index (χ0n) is 11.7. The van der Waals surface area contributed by atoms with Crippen LogP contribution in [0.4, 0.5) is 5.00 Å². The molecule has 1 aromatic carbocycles. The minimum Gasteiger partial charge on any atom is -0.311 e. The molecule has 0 aliphatic heterocycles. The average Bonchev–Trinajstić information content (AvgIpc) is 3.08. The Balaban J connectivity index is 1.79. The van der Waals surface area contributed by atoms with Gasteiger partial charge in [-0.1, -0.05) is 41.7 Å². The second-order valence-electron chi connectivity index (χ2n) is 4.67. The standard InChI is InChI=1S/C15H14N4OS/c1-9-10(2)18-19-13(9)14(20)17-12-8-16-15(21-12)11-6-4-3-5-7-11/h3-8H,1-2H3,(H,17,20)(H,18,19). The Kier molecular flexibility index (Phi) is 3.53. The monoisotopic (exact) mass is 298 g/mol. The maximum Gasteiger partial charge on any atom is 0.277 e. The van der Waals surface area contributed by atoms with E-state index in [2.05, 4.69) is 20.5 Å². The van der Waals surface area contributed by atoms with Crippen LogP contribution in [0.15, 0.2) is 36.5 Å². The number of nitrogens with one attached hydrogen (secondary N) is 2. The van der Waals surface area contributed by atoms with Crippen molar-refractivity contribution in [2.45, 2.75) is 13.8 Å². The minimum atomic E-state index is -0.222. The van der Waals surface area contributed by atoms with Gasteiger partial charge in [0, 0.05) is 16.8 Å². The molecule has 1 amide bonds. The minimum absolute atomic E-state index is 0.222. The lowest BCUT2D eigenvalue weighted by Gasteiger charge is -1.99. The van der Waals surface area contributed by atoms with Gasteiger partial charge in [0.1, 0.15) is 10.0 Å². The Morgan fingerprint density at radius 2 is 2.00 bits per heavy atom. The Labute approximate surface area is 126 Å². The van der Waals surface area contributed by atoms with E-state index in [4.69, 9.17) is 0 Å². The molecule has 5 nitrogen and oxygen atoms in total. The first-order chi connectivity index (χ1) is 10.1. The van der Waals surface area contributed by atoms with E-state index in [1.165, 1.54) is 11.3 Å². The third kappa shape index (κ3) is 2.71. The summed E-state index contributed by atoms with van der Waals surface area (Å²) in [5.41, 5.74) is 3.21. The van der Waals surface area contributed by atoms with Gasteiger partial charge in [-0.25, -0.2) is 4.98 Å². The summed E-state index contributed by atoms with van der Waals surface area (Å²) in [6.07, 6.45) is 1.67. The maximum absolute atomic E-state index is 12.2. The fraction of sp³-hybridized carbons (Fsp3) is 0.133. The third-order valence-electron chi connectivity index (χ3n) is 3.23. The topological polar surface area (TPSA) is 70.7 Å². The predicted octanol–water partition coefficient (Wildman–Crippen LogP) is 3.40. The quantitative estimate of drug-likeness (QED) is 0.778. The Morgan fingerprint density at radius 1 is 1.24 bits per heavy atom. The highest BCUT2D eigenvalue weighted by Gasteiger charge is 2.15. The zero-order chi connectivity index (χ0) is 14.8. The fourth-order valence-electron chi connectivity index (χ4n) is 1.92. The van der Waals surface area contributed by atoms with Crippen molar-refractivity contribution in [3.63, 3.8) is 0 Å². The fourth-order valence-corrected chi connectivity index (χ4v) is 2.74. The van der Waals surface area contributed by atoms with Crippen LogP contribution in [0.25, 0.3) is 10.6 Å². The third-order valence-corrected chi connectivity index (χ3v) is 4.19. The molecule has 0 radical (unpaired) electrons. The normalized spacial score (nSPS) is 10.6. The van der Waals surface area contributed by atoms with Crippen molar-refractivity contribution < 1.29 is 4.79 Å². The first-order valence-corrected chi connectivity index (χ1v) is 7.31. The van der Waals surface area contributed by atoms with Gasteiger partial charge in [-0.2, -0.15) is 5.10 Å². The number of amides is 1. The van der Waals surface area contributed by atoms with Gasteiger partial charge in [0.2, 0.25) is 0 Å². The largest absolute Gasteiger partial charge is 0.311 e. The molecule has 106 valence electrons. The second-order valence-corrected chi connectivity index (χ2v) is 5.70. The molecule has 3 aromatic rings. The zero-order valence-corrected chi connectivity index (χ0v) is 12.5. The van der Waals surface area contributed by atoms with E-state index in [1.54, 1.807) is 6.20 Å². The molecule has 6 heteroatoms. The van der Waals surface area contributed by atoms with Crippen molar-refractivity contribution in [3.05, 3.63) is 53.5 Å². The molecule has 0 aliphatic rings. The lowest BCUT2D eigenvalue weighted by atomic mass is 10.2. The van der Waals surface area contributed by atoms with E-state index in [0.29, 0.717) is 10.7 Å². The summed E-state index contributed by atoms with van der Waals surface area (Å²) in [6, 6.07) is 9.87. The van der Waals surface area contributed by atoms with Crippen LogP contribution in [0, 0.1) is 13.8 Å². The molecule has 0 saturated carbocycles. The lowest BCUT2D eigenvalue weighted by Crippen LogP contribution is -2.12. The molecule has 2 N–H and O–H groups in total. The van der Waals surface area contributed by atoms with E-state index in [1.807, 2.05) is 44.2 Å². The van der Waals surface area contributed by atoms with Crippen LogP contribution in [0.2, 0.25) is 0 Å². The maximum atomic E-state index is 12.2. The molecule has 0 aliphatic carbocycles. The number of anilines is 1. The SMILES string of the molecule is Cc1[nH]nc(C(=O)Nc2cnc(-c3ccccc3)s2)c1C. The summed E-state index contributed by atoms with van der Waals surface area (Å²) < 4.78 is 0. The summed E-state index contributed by atoms with van der Waals surface area (Å²) >= 11 is 1.44. The van der Waals surface area contributed by atoms with Crippen LogP contribution >= 0.6 is 11.3 Å². The van der Waals surface area contributed by atoms with Crippen molar-refractivity contribution in [1.82, 2.24) is 15.2 Å². The Bertz CT molecular complexity index is 776. The Morgan fingerprint density at radius 3 is 2.67 bits per heavy atom. The van der Waals surface area contributed by atoms with Gasteiger partial charge in [0.05, 0.1) is 6.20 Å². The summed E-state index contributed by atoms with van der Waals surface area (Å²) in [4.78, 5) is 16.5. The number of aryl methyl sites for hydroxylation is 1. The average molecular weight is 298 g/mol. The number of carbonyl (C=O) groups excluding carboxylic acids is 1. The van der Waals surface area contributed by atoms with Crippen molar-refractivity contribution in [3.8, 4) is 10.6 Å². The molecule has 2 heterocycles. The van der Waals surface area contributed by atoms with E-state index >= 15 is 0 Å². The molecule has 2 aromatic heterocycles. The van der Waals surface area contributed by atoms with Gasteiger partial charge in [0.15, 0.2) is 5.69 Å². The summed E-state index contributed by atoms with van der Waals surface area (Å²) in [7, 11) is 0. The van der Waals surface area contributed by atoms with Gasteiger partial charge in [-0.05, 0) is 13.8 Å². The number of thiazole rings is 1. The van der Waals surface area contributed by atoms with Gasteiger partial charge >= 0.3 is 0 Å². The van der Waals surface area contributed by atoms with Gasteiger partial charge in [-0.3, -0.25) is 9.89 Å². The van der Waals surface area contributed by atoms with E-state index in [9.17, 15) is 4.79 Å². The van der Waals surface area contributed by atoms with Crippen molar-refractivity contribution in [1.29, 1.82) is 0 Å². The molecule has 0 saturated heterocycles. The molecule has 0 atom stereocenters. The number of hydrogen-bond acceptors (Lipinski definition) is 4. The first kappa shape index (κ1) is 13.5. The van der Waals surface area contributed by atoms with Crippen LogP contribution in [0.3, 0.4) is 0 Å². The van der Waals surface area contributed by atoms with E-state index < -0.39 is 0 Å². The molecule has 0 fully saturated rings. The van der Waals surface area contributed by atoms with Crippen molar-refractivity contribution in [2.24, 2.45) is 0 Å². The molecule has 0 bridgehead atoms. The summed E-state index contributed by atoms with van der Waals surface area (Å²) in [5.74, 6) is -0.222. The highest BCUT2D eigenvalue weighted by Crippen LogP contribution is 2.28. The van der Waals surface area contributed by atoms with E-state index in [-0.39, 0.29) is 5.91 Å². The number of H-pyrrole nitrogens is 1. The molecular weight excluding hydrogens is 284 g/mol. The number of carbonyl (C=O) groups is 1. The number of benzene rings is 1. The number of aromatic nitrogens is 3. The van der Waals surface area contributed by atoms with Crippen LogP contribution < -0.4 is 5.32 Å². The molecule has 3 rings (SSSR count). The van der Waals surface area contributed by atoms with Gasteiger partial charge in [0.25, 0.3) is 5.91 Å². The van der Waals surface area contributed by atoms with E-state index in [0.717, 1.165) is 21.8 Å². The van der Waals surface area contributed by atoms with Crippen LogP contribution in [0.5, 0.6) is 0 Å². The number of hydrogen-bond donors (Lipinski definition) is 2. The molecular formula is C15H14N4OS. The van der Waals surface area contributed by atoms with Crippen LogP contribution in [-0.2, 0) is 0 Å². The molecule has 0 unspecified atom stereocenters. The summed E-state index contributed by atoms with van der Waals surface area (Å²) in [6.45, 7) is 3.76. The number of aromatic amines is 1. The number of rotatable bonds is 3. The molecule has 0 spiro atoms. The highest BCUT2D eigenvalue weighted by atomic mass is 32.1. The van der Waals surface area contributed by atoms with Crippen molar-refractivity contribution in [2.75, 3.05) is 5.32 Å². The molecule has 21 heavy (non-hydrogen) atoms. The van der Waals surface area contributed by atoms with Crippen LogP contribution in [0.1, 0.15) is 21.7 Å². The lowest BCUT2D eigenvalue weighted by molar-refractivity contribution is 0.102. The summed E-state index contributed by atoms with van der Waals surface area (Å²) in [5, 5.41) is 11.3. The number of nitrogens with zero attached hydrogens (tertiary/aromatic N) is 2. The highest BCUT2D eigenvalue weighted by molar-refractivity contribution is 7.19. The second kappa shape index (κ2) is 5.49. The van der Waals surface area contributed by atoms with Gasteiger partial charge in [-0.15, -0.1) is 0 Å². The first-order valence-electron chi connectivity index (χ1n) is 6.49. The Hall–Kier alpha value is -2.47.